The predicted octanol–water partition coefficient (Wildman–Crippen LogP) is 0.457. The van der Waals surface area contributed by atoms with Gasteiger partial charge in [0.2, 0.25) is 20.0 Å². The second-order valence-electron chi connectivity index (χ2n) is 6.80. The van der Waals surface area contributed by atoms with Crippen LogP contribution in [0.4, 0.5) is 0 Å². The van der Waals surface area contributed by atoms with Gasteiger partial charge in [-0.25, -0.2) is 25.9 Å². The van der Waals surface area contributed by atoms with E-state index < -0.39 is 38.0 Å². The largest absolute Gasteiger partial charge is 0.289 e. The molecular weight excluding hydrogens is 422 g/mol. The van der Waals surface area contributed by atoms with Gasteiger partial charge in [-0.3, -0.25) is 9.69 Å². The van der Waals surface area contributed by atoms with Crippen molar-refractivity contribution in [2.45, 2.75) is 41.6 Å². The van der Waals surface area contributed by atoms with Gasteiger partial charge < -0.3 is 0 Å². The molecule has 1 N–H and O–H groups in total. The monoisotopic (exact) mass is 439 g/mol. The molecule has 12 heteroatoms. The number of thiophene rings is 1. The minimum atomic E-state index is -3.72. The Morgan fingerprint density at radius 2 is 2.00 bits per heavy atom. The van der Waals surface area contributed by atoms with Gasteiger partial charge in [-0.1, -0.05) is 11.6 Å². The van der Waals surface area contributed by atoms with Crippen LogP contribution in [0.3, 0.4) is 0 Å². The fraction of sp³-hybridized carbons (Fsp3) is 0.643. The van der Waals surface area contributed by atoms with Crippen LogP contribution < -0.4 is 4.72 Å². The van der Waals surface area contributed by atoms with Crippen LogP contribution in [0.25, 0.3) is 0 Å². The molecule has 1 amide bonds. The van der Waals surface area contributed by atoms with Gasteiger partial charge in [0.15, 0.2) is 0 Å². The summed E-state index contributed by atoms with van der Waals surface area (Å²) >= 11 is 6.78. The summed E-state index contributed by atoms with van der Waals surface area (Å²) in [7, 11) is -7.31. The zero-order valence-electron chi connectivity index (χ0n) is 13.7. The van der Waals surface area contributed by atoms with Crippen LogP contribution in [0.15, 0.2) is 16.3 Å². The van der Waals surface area contributed by atoms with Gasteiger partial charge in [0.1, 0.15) is 4.21 Å². The molecule has 26 heavy (non-hydrogen) atoms. The number of hydrogen-bond donors (Lipinski definition) is 1. The molecule has 0 spiro atoms. The molecule has 3 heterocycles. The molecule has 3 aliphatic rings. The Balaban J connectivity index is 1.52. The highest BCUT2D eigenvalue weighted by molar-refractivity contribution is 7.91. The van der Waals surface area contributed by atoms with E-state index in [0.717, 1.165) is 15.6 Å². The van der Waals surface area contributed by atoms with E-state index in [9.17, 15) is 21.6 Å². The van der Waals surface area contributed by atoms with E-state index >= 15 is 0 Å². The van der Waals surface area contributed by atoms with Gasteiger partial charge >= 0.3 is 0 Å². The number of sulfonamides is 2. The Hall–Kier alpha value is -0.720. The summed E-state index contributed by atoms with van der Waals surface area (Å²) in [6.07, 6.45) is 1.66. The first-order chi connectivity index (χ1) is 12.2. The molecule has 2 atom stereocenters. The van der Waals surface area contributed by atoms with Crippen LogP contribution in [-0.4, -0.2) is 68.9 Å². The first-order valence-corrected chi connectivity index (χ1v) is 12.5. The van der Waals surface area contributed by atoms with E-state index in [1.165, 1.54) is 12.1 Å². The average Bonchev–Trinajstić information content (AvgIpc) is 3.13. The lowest BCUT2D eigenvalue weighted by Gasteiger charge is -2.23. The van der Waals surface area contributed by atoms with Crippen LogP contribution in [-0.2, 0) is 24.8 Å². The minimum absolute atomic E-state index is 0.119. The molecule has 1 aromatic heterocycles. The zero-order valence-corrected chi connectivity index (χ0v) is 16.9. The fourth-order valence-electron chi connectivity index (χ4n) is 3.54. The maximum absolute atomic E-state index is 12.8. The maximum Gasteiger partial charge on any atom is 0.253 e. The third-order valence-electron chi connectivity index (χ3n) is 4.86. The smallest absolute Gasteiger partial charge is 0.253 e. The zero-order chi connectivity index (χ0) is 18.7. The van der Waals surface area contributed by atoms with Crippen molar-refractivity contribution in [1.82, 2.24) is 13.9 Å². The summed E-state index contributed by atoms with van der Waals surface area (Å²) in [6, 6.07) is 1.68. The van der Waals surface area contributed by atoms with Crippen LogP contribution in [0.2, 0.25) is 4.34 Å². The molecule has 144 valence electrons. The highest BCUT2D eigenvalue weighted by atomic mass is 35.5. The van der Waals surface area contributed by atoms with Gasteiger partial charge in [0.25, 0.3) is 5.91 Å². The van der Waals surface area contributed by atoms with Gasteiger partial charge in [-0.15, -0.1) is 11.3 Å². The van der Waals surface area contributed by atoms with Crippen molar-refractivity contribution in [1.29, 1.82) is 0 Å². The van der Waals surface area contributed by atoms with Crippen molar-refractivity contribution in [3.63, 3.8) is 0 Å². The average molecular weight is 440 g/mol. The Morgan fingerprint density at radius 3 is 2.62 bits per heavy atom. The van der Waals surface area contributed by atoms with Gasteiger partial charge in [-0.2, -0.15) is 0 Å². The summed E-state index contributed by atoms with van der Waals surface area (Å²) in [5.74, 6) is -0.544. The van der Waals surface area contributed by atoms with Gasteiger partial charge in [0.05, 0.1) is 16.1 Å². The molecule has 8 nitrogen and oxygen atoms in total. The Labute approximate surface area is 161 Å². The molecule has 2 aliphatic heterocycles. The van der Waals surface area contributed by atoms with Gasteiger partial charge in [0, 0.05) is 25.2 Å². The number of nitrogens with one attached hydrogen (secondary N) is 1. The third-order valence-corrected chi connectivity index (χ3v) is 9.88. The molecule has 3 fully saturated rings. The minimum Gasteiger partial charge on any atom is -0.289 e. The molecule has 1 aromatic rings. The van der Waals surface area contributed by atoms with Crippen LogP contribution in [0.5, 0.6) is 0 Å². The first-order valence-electron chi connectivity index (χ1n) is 8.25. The van der Waals surface area contributed by atoms with Crippen molar-refractivity contribution in [2.75, 3.05) is 18.8 Å². The molecule has 4 rings (SSSR count). The van der Waals surface area contributed by atoms with Crippen molar-refractivity contribution >= 4 is 48.9 Å². The molecule has 0 radical (unpaired) electrons. The fourth-order valence-corrected chi connectivity index (χ4v) is 8.01. The summed E-state index contributed by atoms with van der Waals surface area (Å²) in [6.45, 7) is 0.536. The third kappa shape index (κ3) is 3.40. The van der Waals surface area contributed by atoms with E-state index in [2.05, 4.69) is 4.72 Å². The Bertz CT molecular complexity index is 941. The number of hydrogen-bond acceptors (Lipinski definition) is 7. The topological polar surface area (TPSA) is 104 Å². The number of amides is 1. The van der Waals surface area contributed by atoms with E-state index in [1.807, 2.05) is 0 Å². The summed E-state index contributed by atoms with van der Waals surface area (Å²) in [4.78, 5) is 14.6. The van der Waals surface area contributed by atoms with Crippen molar-refractivity contribution in [3.8, 4) is 0 Å². The molecular formula is C14H18ClN3O5S3. The Morgan fingerprint density at radius 1 is 1.27 bits per heavy atom. The molecule has 1 saturated carbocycles. The van der Waals surface area contributed by atoms with Crippen molar-refractivity contribution < 1.29 is 21.6 Å². The molecule has 2 saturated heterocycles. The lowest BCUT2D eigenvalue weighted by atomic mass is 10.1. The maximum atomic E-state index is 12.8. The van der Waals surface area contributed by atoms with Crippen molar-refractivity contribution in [2.24, 2.45) is 0 Å². The number of fused-ring (bicyclic) bond motifs is 1. The number of carbonyl (C=O) groups excluding carboxylic acids is 1. The Kier molecular flexibility index (Phi) is 4.60. The highest BCUT2D eigenvalue weighted by Crippen LogP contribution is 2.34. The van der Waals surface area contributed by atoms with Crippen LogP contribution in [0, 0.1) is 0 Å². The predicted molar refractivity (Wildman–Crippen MR) is 97.1 cm³/mol. The van der Waals surface area contributed by atoms with Crippen LogP contribution >= 0.6 is 22.9 Å². The quantitative estimate of drug-likeness (QED) is 0.730. The standard InChI is InChI=1S/C14H18ClN3O5S3/c15-12-3-4-13(24-12)26(22,23)16-9-7-11-14(19)18(10-1-2-10)25(20,21)6-5-17(11)8-9/h3-4,9-11,16H,1-2,5-8H2/t9-,11-/m0/s1. The number of rotatable bonds is 4. The number of halogens is 1. The molecule has 1 aliphatic carbocycles. The van der Waals surface area contributed by atoms with Crippen LogP contribution in [0.1, 0.15) is 19.3 Å². The summed E-state index contributed by atoms with van der Waals surface area (Å²) in [5, 5.41) is 0. The van der Waals surface area contributed by atoms with E-state index in [-0.39, 0.29) is 29.0 Å². The van der Waals surface area contributed by atoms with E-state index in [0.29, 0.717) is 23.7 Å². The molecule has 0 unspecified atom stereocenters. The second-order valence-corrected chi connectivity index (χ2v) is 12.4. The lowest BCUT2D eigenvalue weighted by Crippen LogP contribution is -2.45. The summed E-state index contributed by atoms with van der Waals surface area (Å²) < 4.78 is 53.9. The second kappa shape index (κ2) is 6.42. The van der Waals surface area contributed by atoms with Crippen molar-refractivity contribution in [3.05, 3.63) is 16.5 Å². The van der Waals surface area contributed by atoms with E-state index in [1.54, 1.807) is 4.90 Å². The number of carbonyl (C=O) groups is 1. The molecule has 0 bridgehead atoms. The highest BCUT2D eigenvalue weighted by Gasteiger charge is 2.50. The number of nitrogens with zero attached hydrogens (tertiary/aromatic N) is 2. The first kappa shape index (κ1) is 18.6. The van der Waals surface area contributed by atoms with Gasteiger partial charge in [-0.05, 0) is 31.4 Å². The lowest BCUT2D eigenvalue weighted by molar-refractivity contribution is -0.130. The van der Waals surface area contributed by atoms with E-state index in [4.69, 9.17) is 11.6 Å². The molecule has 0 aromatic carbocycles. The summed E-state index contributed by atoms with van der Waals surface area (Å²) in [5.41, 5.74) is 0. The normalized spacial score (nSPS) is 29.6. The SMILES string of the molecule is O=C1[C@@H]2C[C@H](NS(=O)(=O)c3ccc(Cl)s3)CN2CCS(=O)(=O)N1C1CC1.